The molecule has 0 rings (SSSR count). The van der Waals surface area contributed by atoms with Crippen LogP contribution in [0.3, 0.4) is 0 Å². The van der Waals surface area contributed by atoms with Gasteiger partial charge < -0.3 is 4.74 Å². The van der Waals surface area contributed by atoms with Crippen molar-refractivity contribution in [2.24, 2.45) is 4.40 Å². The molecule has 0 saturated heterocycles. The molecule has 0 heterocycles. The van der Waals surface area contributed by atoms with Gasteiger partial charge in [0.15, 0.2) is 5.90 Å². The van der Waals surface area contributed by atoms with E-state index in [4.69, 9.17) is 0 Å². The van der Waals surface area contributed by atoms with E-state index in [0.29, 0.717) is 0 Å². The molecule has 0 aliphatic carbocycles. The average Bonchev–Trinajstić information content (AvgIpc) is 1.59. The molecule has 0 spiro atoms. The molecule has 0 aromatic carbocycles. The summed E-state index contributed by atoms with van der Waals surface area (Å²) in [5, 5.41) is 0. The fourth-order valence-electron chi connectivity index (χ4n) is 0.389. The summed E-state index contributed by atoms with van der Waals surface area (Å²) in [6, 6.07) is 0. The molecule has 0 fully saturated rings. The van der Waals surface area contributed by atoms with Crippen molar-refractivity contribution in [1.82, 2.24) is 0 Å². The predicted octanol–water partition coefficient (Wildman–Crippen LogP) is 0.656. The number of rotatable bonds is 2. The van der Waals surface area contributed by atoms with E-state index in [9.17, 15) is 12.3 Å². The van der Waals surface area contributed by atoms with Gasteiger partial charge in [-0.15, -0.1) is 4.40 Å². The summed E-state index contributed by atoms with van der Waals surface area (Å²) in [5.41, 5.74) is 0. The summed E-state index contributed by atoms with van der Waals surface area (Å²) < 4.78 is 38.4. The quantitative estimate of drug-likeness (QED) is 0.346. The van der Waals surface area contributed by atoms with Gasteiger partial charge in [-0.3, -0.25) is 0 Å². The summed E-state index contributed by atoms with van der Waals surface area (Å²) in [5.74, 6) is -0.190. The van der Waals surface area contributed by atoms with Crippen molar-refractivity contribution in [3.8, 4) is 0 Å². The van der Waals surface area contributed by atoms with Crippen LogP contribution in [-0.4, -0.2) is 20.9 Å². The Morgan fingerprint density at radius 1 is 1.70 bits per heavy atom. The second-order valence-corrected chi connectivity index (χ2v) is 2.46. The van der Waals surface area contributed by atoms with Gasteiger partial charge in [0.2, 0.25) is 0 Å². The van der Waals surface area contributed by atoms with Crippen molar-refractivity contribution < 1.29 is 17.0 Å². The van der Waals surface area contributed by atoms with Crippen LogP contribution in [0.5, 0.6) is 0 Å². The van der Waals surface area contributed by atoms with E-state index in [-0.39, 0.29) is 12.5 Å². The summed E-state index contributed by atoms with van der Waals surface area (Å²) in [4.78, 5) is 0. The van der Waals surface area contributed by atoms with Crippen molar-refractivity contribution in [3.63, 3.8) is 0 Å². The van der Waals surface area contributed by atoms with Gasteiger partial charge in [-0.2, -0.15) is 8.42 Å². The van der Waals surface area contributed by atoms with Gasteiger partial charge in [-0.05, 0) is 6.92 Å². The van der Waals surface area contributed by atoms with E-state index in [1.807, 2.05) is 0 Å². The molecule has 4 nitrogen and oxygen atoms in total. The molecule has 10 heavy (non-hydrogen) atoms. The first-order chi connectivity index (χ1) is 4.45. The predicted molar refractivity (Wildman–Crippen MR) is 34.8 cm³/mol. The molecule has 6 heteroatoms. The Labute approximate surface area is 59.1 Å². The Balaban J connectivity index is 4.18. The molecular weight excluding hydrogens is 161 g/mol. The summed E-state index contributed by atoms with van der Waals surface area (Å²) >= 11 is 0. The molecule has 0 aliphatic rings. The molecule has 0 amide bonds. The minimum atomic E-state index is -4.78. The third-order valence-electron chi connectivity index (χ3n) is 0.591. The number of hydrogen-bond donors (Lipinski definition) is 0. The fraction of sp³-hybridized carbons (Fsp3) is 0.750. The third-order valence-corrected chi connectivity index (χ3v) is 1.07. The Kier molecular flexibility index (Phi) is 3.27. The second-order valence-electron chi connectivity index (χ2n) is 1.46. The normalized spacial score (nSPS) is 13.3. The van der Waals surface area contributed by atoms with Crippen LogP contribution < -0.4 is 0 Å². The highest BCUT2D eigenvalue weighted by molar-refractivity contribution is 7.85. The van der Waals surface area contributed by atoms with Crippen LogP contribution in [-0.2, 0) is 15.1 Å². The van der Waals surface area contributed by atoms with Crippen LogP contribution in [0.25, 0.3) is 0 Å². The Morgan fingerprint density at radius 3 is 2.50 bits per heavy atom. The Morgan fingerprint density at radius 2 is 2.20 bits per heavy atom. The van der Waals surface area contributed by atoms with Crippen LogP contribution in [0, 0.1) is 0 Å². The highest BCUT2D eigenvalue weighted by Gasteiger charge is 2.03. The zero-order valence-electron chi connectivity index (χ0n) is 5.67. The summed E-state index contributed by atoms with van der Waals surface area (Å²) in [6.45, 7) is 3.18. The van der Waals surface area contributed by atoms with E-state index in [1.54, 1.807) is 6.92 Å². The van der Waals surface area contributed by atoms with Crippen molar-refractivity contribution >= 4 is 16.3 Å². The number of halogens is 1. The average molecular weight is 169 g/mol. The van der Waals surface area contributed by atoms with Crippen LogP contribution >= 0.6 is 0 Å². The van der Waals surface area contributed by atoms with Crippen molar-refractivity contribution in [2.75, 3.05) is 6.61 Å². The van der Waals surface area contributed by atoms with Crippen LogP contribution in [0.2, 0.25) is 0 Å². The molecule has 0 saturated carbocycles. The van der Waals surface area contributed by atoms with E-state index in [0.717, 1.165) is 0 Å². The minimum Gasteiger partial charge on any atom is -0.481 e. The minimum absolute atomic E-state index is 0.190. The SMILES string of the molecule is CCO/C(C)=N/S(=O)(=O)F. The van der Waals surface area contributed by atoms with E-state index in [1.165, 1.54) is 6.92 Å². The molecule has 0 unspecified atom stereocenters. The number of hydrogen-bond acceptors (Lipinski definition) is 3. The molecule has 0 aromatic rings. The van der Waals surface area contributed by atoms with Gasteiger partial charge in [0.1, 0.15) is 0 Å². The maximum absolute atomic E-state index is 11.7. The maximum atomic E-state index is 11.7. The molecule has 0 atom stereocenters. The van der Waals surface area contributed by atoms with Crippen molar-refractivity contribution in [1.29, 1.82) is 0 Å². The zero-order valence-corrected chi connectivity index (χ0v) is 6.48. The van der Waals surface area contributed by atoms with Gasteiger partial charge in [0.05, 0.1) is 6.61 Å². The van der Waals surface area contributed by atoms with Crippen LogP contribution in [0.4, 0.5) is 3.89 Å². The zero-order chi connectivity index (χ0) is 8.20. The molecule has 0 aromatic heterocycles. The van der Waals surface area contributed by atoms with Crippen molar-refractivity contribution in [3.05, 3.63) is 0 Å². The van der Waals surface area contributed by atoms with Crippen molar-refractivity contribution in [2.45, 2.75) is 13.8 Å². The lowest BCUT2D eigenvalue weighted by Crippen LogP contribution is -2.00. The van der Waals surface area contributed by atoms with E-state index in [2.05, 4.69) is 9.13 Å². The third kappa shape index (κ3) is 5.49. The molecule has 0 N–H and O–H groups in total. The first-order valence-corrected chi connectivity index (χ1v) is 3.93. The van der Waals surface area contributed by atoms with Crippen LogP contribution in [0.15, 0.2) is 4.40 Å². The lowest BCUT2D eigenvalue weighted by molar-refractivity contribution is 0.325. The van der Waals surface area contributed by atoms with Gasteiger partial charge >= 0.3 is 10.4 Å². The largest absolute Gasteiger partial charge is 0.481 e. The first-order valence-electron chi connectivity index (χ1n) is 2.59. The standard InChI is InChI=1S/C4H8FNO3S/c1-3-9-4(2)6-10(5,7)8/h3H2,1-2H3/b6-4+. The Bertz CT molecular complexity index is 221. The number of ether oxygens (including phenoxy) is 1. The maximum Gasteiger partial charge on any atom is 0.420 e. The van der Waals surface area contributed by atoms with Gasteiger partial charge in [0.25, 0.3) is 0 Å². The molecule has 60 valence electrons. The highest BCUT2D eigenvalue weighted by atomic mass is 32.3. The molecule has 0 radical (unpaired) electrons. The topological polar surface area (TPSA) is 55.7 Å². The lowest BCUT2D eigenvalue weighted by Gasteiger charge is -1.96. The van der Waals surface area contributed by atoms with E-state index >= 15 is 0 Å². The second kappa shape index (κ2) is 3.50. The van der Waals surface area contributed by atoms with Gasteiger partial charge in [-0.1, -0.05) is 3.89 Å². The fourth-order valence-corrected chi connectivity index (χ4v) is 0.749. The van der Waals surface area contributed by atoms with Gasteiger partial charge in [-0.25, -0.2) is 0 Å². The highest BCUT2D eigenvalue weighted by Crippen LogP contribution is 1.94. The summed E-state index contributed by atoms with van der Waals surface area (Å²) in [7, 11) is -4.78. The van der Waals surface area contributed by atoms with E-state index < -0.39 is 10.4 Å². The number of nitrogens with zero attached hydrogens (tertiary/aromatic N) is 1. The molecule has 0 bridgehead atoms. The summed E-state index contributed by atoms with van der Waals surface area (Å²) in [6.07, 6.45) is 0. The molecule has 0 aliphatic heterocycles. The first kappa shape index (κ1) is 9.35. The van der Waals surface area contributed by atoms with Crippen LogP contribution in [0.1, 0.15) is 13.8 Å². The monoisotopic (exact) mass is 169 g/mol. The molecular formula is C4H8FNO3S. The Hall–Kier alpha value is -0.650. The lowest BCUT2D eigenvalue weighted by atomic mass is 10.7. The smallest absolute Gasteiger partial charge is 0.420 e. The van der Waals surface area contributed by atoms with Gasteiger partial charge in [0, 0.05) is 6.92 Å².